The quantitative estimate of drug-likeness (QED) is 0.777. The van der Waals surface area contributed by atoms with Crippen molar-refractivity contribution in [1.82, 2.24) is 9.88 Å². The van der Waals surface area contributed by atoms with Gasteiger partial charge in [0.05, 0.1) is 5.69 Å². The molecular weight excluding hydrogens is 406 g/mol. The summed E-state index contributed by atoms with van der Waals surface area (Å²) in [4.78, 5) is 21.8. The van der Waals surface area contributed by atoms with Crippen molar-refractivity contribution in [2.24, 2.45) is 5.92 Å². The molecule has 0 radical (unpaired) electrons. The Hall–Kier alpha value is -2.19. The number of nitrogens with zero attached hydrogens (tertiary/aromatic N) is 3. The first-order valence-electron chi connectivity index (χ1n) is 10.4. The van der Waals surface area contributed by atoms with Gasteiger partial charge >= 0.3 is 0 Å². The van der Waals surface area contributed by atoms with E-state index in [1.165, 1.54) is 24.6 Å². The third-order valence-corrected chi connectivity index (χ3v) is 6.64. The van der Waals surface area contributed by atoms with E-state index in [1.807, 2.05) is 11.8 Å². The van der Waals surface area contributed by atoms with Crippen LogP contribution in [0.1, 0.15) is 23.2 Å². The molecule has 5 nitrogen and oxygen atoms in total. The van der Waals surface area contributed by atoms with Crippen LogP contribution in [0.2, 0.25) is 0 Å². The predicted octanol–water partition coefficient (Wildman–Crippen LogP) is 3.88. The number of amides is 1. The first-order valence-corrected chi connectivity index (χ1v) is 11.5. The number of carbonyl (C=O) groups excluding carboxylic acids is 1. The van der Waals surface area contributed by atoms with Crippen LogP contribution in [0.5, 0.6) is 0 Å². The van der Waals surface area contributed by atoms with Crippen LogP contribution in [0.25, 0.3) is 0 Å². The van der Waals surface area contributed by atoms with Crippen molar-refractivity contribution in [3.05, 3.63) is 53.7 Å². The van der Waals surface area contributed by atoms with E-state index >= 15 is 0 Å². The lowest BCUT2D eigenvalue weighted by molar-refractivity contribution is 0.102. The summed E-state index contributed by atoms with van der Waals surface area (Å²) >= 11 is 2.03. The van der Waals surface area contributed by atoms with Crippen LogP contribution in [0.15, 0.2) is 36.5 Å². The lowest BCUT2D eigenvalue weighted by atomic mass is 9.96. The molecule has 1 aromatic heterocycles. The van der Waals surface area contributed by atoms with Gasteiger partial charge in [-0.3, -0.25) is 4.79 Å². The molecule has 0 aliphatic carbocycles. The van der Waals surface area contributed by atoms with Gasteiger partial charge in [0.15, 0.2) is 5.82 Å². The zero-order chi connectivity index (χ0) is 20.9. The van der Waals surface area contributed by atoms with Gasteiger partial charge in [-0.25, -0.2) is 13.8 Å². The average molecular weight is 433 g/mol. The van der Waals surface area contributed by atoms with E-state index in [1.54, 1.807) is 18.3 Å². The Labute approximate surface area is 179 Å². The molecule has 1 aromatic carbocycles. The smallest absolute Gasteiger partial charge is 0.255 e. The Morgan fingerprint density at radius 3 is 2.50 bits per heavy atom. The first kappa shape index (κ1) is 21.1. The number of carbonyl (C=O) groups is 1. The molecule has 4 rings (SSSR count). The second-order valence-corrected chi connectivity index (χ2v) is 9.05. The average Bonchev–Trinajstić information content (AvgIpc) is 2.75. The summed E-state index contributed by atoms with van der Waals surface area (Å²) in [6, 6.07) is 6.32. The minimum Gasteiger partial charge on any atom is -0.355 e. The summed E-state index contributed by atoms with van der Waals surface area (Å²) in [5.74, 6) is 1.73. The maximum atomic E-state index is 13.5. The number of hydrogen-bond acceptors (Lipinski definition) is 5. The maximum absolute atomic E-state index is 13.5. The van der Waals surface area contributed by atoms with Crippen molar-refractivity contribution >= 4 is 29.2 Å². The molecule has 3 heterocycles. The monoisotopic (exact) mass is 432 g/mol. The van der Waals surface area contributed by atoms with Gasteiger partial charge in [0, 0.05) is 62.1 Å². The lowest BCUT2D eigenvalue weighted by Crippen LogP contribution is -2.41. The van der Waals surface area contributed by atoms with Crippen LogP contribution in [0.4, 0.5) is 20.3 Å². The van der Waals surface area contributed by atoms with E-state index in [-0.39, 0.29) is 5.56 Å². The molecule has 8 heteroatoms. The molecule has 0 saturated carbocycles. The fourth-order valence-corrected chi connectivity index (χ4v) is 5.08. The van der Waals surface area contributed by atoms with Gasteiger partial charge in [-0.2, -0.15) is 11.8 Å². The highest BCUT2D eigenvalue weighted by Gasteiger charge is 2.25. The highest BCUT2D eigenvalue weighted by molar-refractivity contribution is 7.99. The van der Waals surface area contributed by atoms with Gasteiger partial charge in [0.1, 0.15) is 11.6 Å². The number of nitrogens with one attached hydrogen (secondary N) is 1. The summed E-state index contributed by atoms with van der Waals surface area (Å²) < 4.78 is 26.9. The van der Waals surface area contributed by atoms with E-state index in [2.05, 4.69) is 20.1 Å². The lowest BCUT2D eigenvalue weighted by Gasteiger charge is -2.37. The highest BCUT2D eigenvalue weighted by Crippen LogP contribution is 2.29. The molecule has 2 aromatic rings. The Balaban J connectivity index is 1.39. The summed E-state index contributed by atoms with van der Waals surface area (Å²) in [6.45, 7) is 5.28. The third kappa shape index (κ3) is 5.29. The molecule has 0 bridgehead atoms. The number of rotatable bonds is 5. The van der Waals surface area contributed by atoms with Crippen LogP contribution >= 0.6 is 11.8 Å². The van der Waals surface area contributed by atoms with Gasteiger partial charge in [0.2, 0.25) is 0 Å². The van der Waals surface area contributed by atoms with Crippen LogP contribution in [-0.4, -0.2) is 60.0 Å². The molecular formula is C22H26F2N4OS. The number of anilines is 2. The molecule has 30 heavy (non-hydrogen) atoms. The van der Waals surface area contributed by atoms with E-state index in [9.17, 15) is 13.6 Å². The van der Waals surface area contributed by atoms with E-state index in [4.69, 9.17) is 0 Å². The van der Waals surface area contributed by atoms with Gasteiger partial charge in [-0.1, -0.05) is 0 Å². The molecule has 0 atom stereocenters. The van der Waals surface area contributed by atoms with Crippen LogP contribution in [0.3, 0.4) is 0 Å². The predicted molar refractivity (Wildman–Crippen MR) is 117 cm³/mol. The van der Waals surface area contributed by atoms with Gasteiger partial charge in [-0.05, 0) is 43.0 Å². The molecule has 2 saturated heterocycles. The SMILES string of the molecule is O=C(Nc1cccnc1N1CCC(CN2CCSCC2)CC1)c1cc(F)cc(F)c1. The molecule has 1 N–H and O–H groups in total. The second kappa shape index (κ2) is 9.75. The number of thioether (sulfide) groups is 1. The zero-order valence-electron chi connectivity index (χ0n) is 16.8. The molecule has 0 unspecified atom stereocenters. The molecule has 2 aliphatic rings. The number of pyridine rings is 1. The number of hydrogen-bond donors (Lipinski definition) is 1. The minimum absolute atomic E-state index is 0.0549. The zero-order valence-corrected chi connectivity index (χ0v) is 17.6. The third-order valence-electron chi connectivity index (χ3n) is 5.69. The van der Waals surface area contributed by atoms with Crippen molar-refractivity contribution in [3.63, 3.8) is 0 Å². The number of piperidine rings is 1. The van der Waals surface area contributed by atoms with Crippen molar-refractivity contribution in [3.8, 4) is 0 Å². The van der Waals surface area contributed by atoms with Crippen molar-refractivity contribution in [2.45, 2.75) is 12.8 Å². The molecule has 2 fully saturated rings. The van der Waals surface area contributed by atoms with Gasteiger partial charge in [-0.15, -0.1) is 0 Å². The normalized spacial score (nSPS) is 18.4. The van der Waals surface area contributed by atoms with Crippen LogP contribution < -0.4 is 10.2 Å². The number of halogens is 2. The van der Waals surface area contributed by atoms with Crippen LogP contribution in [-0.2, 0) is 0 Å². The molecule has 2 aliphatic heterocycles. The summed E-state index contributed by atoms with van der Waals surface area (Å²) in [5.41, 5.74) is 0.499. The van der Waals surface area contributed by atoms with Crippen molar-refractivity contribution in [1.29, 1.82) is 0 Å². The summed E-state index contributed by atoms with van der Waals surface area (Å²) in [5, 5.41) is 2.77. The van der Waals surface area contributed by atoms with E-state index in [0.717, 1.165) is 50.7 Å². The summed E-state index contributed by atoms with van der Waals surface area (Å²) in [7, 11) is 0. The van der Waals surface area contributed by atoms with E-state index in [0.29, 0.717) is 17.4 Å². The van der Waals surface area contributed by atoms with Crippen molar-refractivity contribution in [2.75, 3.05) is 54.4 Å². The number of aromatic nitrogens is 1. The van der Waals surface area contributed by atoms with Gasteiger partial charge < -0.3 is 15.1 Å². The largest absolute Gasteiger partial charge is 0.355 e. The van der Waals surface area contributed by atoms with Crippen LogP contribution in [0, 0.1) is 17.6 Å². The molecule has 1 amide bonds. The number of benzene rings is 1. The Bertz CT molecular complexity index is 863. The standard InChI is InChI=1S/C22H26F2N4OS/c23-18-12-17(13-19(24)14-18)22(29)26-20-2-1-5-25-21(20)28-6-3-16(4-7-28)15-27-8-10-30-11-9-27/h1-2,5,12-14,16H,3-4,6-11,15H2,(H,26,29). The Morgan fingerprint density at radius 2 is 1.80 bits per heavy atom. The minimum atomic E-state index is -0.777. The fraction of sp³-hybridized carbons (Fsp3) is 0.455. The Kier molecular flexibility index (Phi) is 6.84. The molecule has 0 spiro atoms. The first-order chi connectivity index (χ1) is 14.6. The second-order valence-electron chi connectivity index (χ2n) is 7.83. The van der Waals surface area contributed by atoms with Crippen molar-refractivity contribution < 1.29 is 13.6 Å². The molecule has 160 valence electrons. The van der Waals surface area contributed by atoms with E-state index < -0.39 is 17.5 Å². The highest BCUT2D eigenvalue weighted by atomic mass is 32.2. The summed E-state index contributed by atoms with van der Waals surface area (Å²) in [6.07, 6.45) is 3.87. The fourth-order valence-electron chi connectivity index (χ4n) is 4.10. The topological polar surface area (TPSA) is 48.5 Å². The Morgan fingerprint density at radius 1 is 1.10 bits per heavy atom. The maximum Gasteiger partial charge on any atom is 0.255 e. The van der Waals surface area contributed by atoms with Gasteiger partial charge in [0.25, 0.3) is 5.91 Å².